The van der Waals surface area contributed by atoms with E-state index in [4.69, 9.17) is 23.8 Å². The van der Waals surface area contributed by atoms with Crippen LogP contribution in [0.3, 0.4) is 0 Å². The number of nitrogens with zero attached hydrogens (tertiary/aromatic N) is 1. The van der Waals surface area contributed by atoms with Crippen molar-refractivity contribution in [1.29, 1.82) is 5.26 Å². The molecule has 1 aliphatic rings. The van der Waals surface area contributed by atoms with Gasteiger partial charge in [-0.05, 0) is 36.8 Å². The van der Waals surface area contributed by atoms with Crippen molar-refractivity contribution in [2.24, 2.45) is 0 Å². The van der Waals surface area contributed by atoms with Crippen molar-refractivity contribution < 1.29 is 0 Å². The van der Waals surface area contributed by atoms with Gasteiger partial charge < -0.3 is 10.6 Å². The zero-order valence-electron chi connectivity index (χ0n) is 12.2. The molecule has 0 radical (unpaired) electrons. The number of nitrogens with one attached hydrogen (secondary N) is 2. The first-order chi connectivity index (χ1) is 11.1. The largest absolute Gasteiger partial charge is 0.348 e. The van der Waals surface area contributed by atoms with Gasteiger partial charge in [-0.1, -0.05) is 53.8 Å². The van der Waals surface area contributed by atoms with Gasteiger partial charge in [0.15, 0.2) is 0 Å². The Morgan fingerprint density at radius 3 is 2.78 bits per heavy atom. The third kappa shape index (κ3) is 3.20. The van der Waals surface area contributed by atoms with Gasteiger partial charge in [0.25, 0.3) is 0 Å². The fourth-order valence-corrected chi connectivity index (χ4v) is 3.67. The van der Waals surface area contributed by atoms with E-state index in [2.05, 4.69) is 16.7 Å². The lowest BCUT2D eigenvalue weighted by atomic mass is 10.2. The molecule has 2 aromatic rings. The maximum absolute atomic E-state index is 9.52. The molecule has 0 saturated carbocycles. The van der Waals surface area contributed by atoms with E-state index in [1.54, 1.807) is 0 Å². The predicted molar refractivity (Wildman–Crippen MR) is 101 cm³/mol. The van der Waals surface area contributed by atoms with E-state index in [9.17, 15) is 5.26 Å². The molecule has 0 amide bonds. The van der Waals surface area contributed by atoms with E-state index in [1.807, 2.05) is 49.4 Å². The van der Waals surface area contributed by atoms with Crippen molar-refractivity contribution in [1.82, 2.24) is 0 Å². The lowest BCUT2D eigenvalue weighted by Gasteiger charge is -2.12. The summed E-state index contributed by atoms with van der Waals surface area (Å²) in [5.41, 5.74) is 3.10. The van der Waals surface area contributed by atoms with Crippen LogP contribution in [0.2, 0.25) is 5.02 Å². The molecule has 23 heavy (non-hydrogen) atoms. The lowest BCUT2D eigenvalue weighted by molar-refractivity contribution is 1.44. The Bertz CT molecular complexity index is 841. The number of benzene rings is 2. The Morgan fingerprint density at radius 1 is 1.26 bits per heavy atom. The first-order valence-corrected chi connectivity index (χ1v) is 8.45. The summed E-state index contributed by atoms with van der Waals surface area (Å²) in [6.45, 7) is 1.91. The van der Waals surface area contributed by atoms with Gasteiger partial charge in [-0.15, -0.1) is 0 Å². The third-order valence-corrected chi connectivity index (χ3v) is 5.23. The summed E-state index contributed by atoms with van der Waals surface area (Å²) >= 11 is 13.0. The van der Waals surface area contributed by atoms with Gasteiger partial charge in [0.05, 0.1) is 10.7 Å². The van der Waals surface area contributed by atoms with Gasteiger partial charge in [0.2, 0.25) is 0 Å². The molecule has 114 valence electrons. The molecule has 3 nitrogen and oxygen atoms in total. The monoisotopic (exact) mass is 357 g/mol. The van der Waals surface area contributed by atoms with Crippen LogP contribution in [0.5, 0.6) is 0 Å². The maximum atomic E-state index is 9.52. The fraction of sp³-hybridized carbons (Fsp3) is 0.0588. The zero-order valence-corrected chi connectivity index (χ0v) is 14.6. The minimum absolute atomic E-state index is 0.376. The minimum Gasteiger partial charge on any atom is -0.348 e. The van der Waals surface area contributed by atoms with Crippen molar-refractivity contribution >= 4 is 51.9 Å². The van der Waals surface area contributed by atoms with Crippen molar-refractivity contribution in [3.05, 3.63) is 63.7 Å². The first-order valence-electron chi connectivity index (χ1n) is 6.85. The lowest BCUT2D eigenvalue weighted by Crippen LogP contribution is -2.14. The van der Waals surface area contributed by atoms with Crippen LogP contribution in [-0.4, -0.2) is 4.99 Å². The van der Waals surface area contributed by atoms with Crippen LogP contribution in [0.4, 0.5) is 11.4 Å². The average molecular weight is 358 g/mol. The summed E-state index contributed by atoms with van der Waals surface area (Å²) in [5, 5.41) is 17.3. The summed E-state index contributed by atoms with van der Waals surface area (Å²) < 4.78 is 0. The number of anilines is 2. The number of hydrogen-bond donors (Lipinski definition) is 2. The van der Waals surface area contributed by atoms with Crippen molar-refractivity contribution in [2.45, 2.75) is 11.8 Å². The number of para-hydroxylation sites is 1. The normalized spacial score (nSPS) is 14.5. The molecule has 0 bridgehead atoms. The van der Waals surface area contributed by atoms with Gasteiger partial charge >= 0.3 is 0 Å². The van der Waals surface area contributed by atoms with Crippen LogP contribution < -0.4 is 10.6 Å². The molecule has 2 aromatic carbocycles. The van der Waals surface area contributed by atoms with Gasteiger partial charge in [-0.3, -0.25) is 0 Å². The molecule has 1 aliphatic heterocycles. The van der Waals surface area contributed by atoms with Crippen LogP contribution in [0, 0.1) is 18.3 Å². The van der Waals surface area contributed by atoms with Crippen molar-refractivity contribution in [3.8, 4) is 6.07 Å². The summed E-state index contributed by atoms with van der Waals surface area (Å²) in [6.07, 6.45) is 0. The minimum atomic E-state index is 0.376. The van der Waals surface area contributed by atoms with E-state index in [0.717, 1.165) is 26.9 Å². The second-order valence-electron chi connectivity index (χ2n) is 4.91. The topological polar surface area (TPSA) is 47.9 Å². The van der Waals surface area contributed by atoms with Crippen molar-refractivity contribution in [3.63, 3.8) is 0 Å². The number of nitriles is 1. The molecule has 3 rings (SSSR count). The highest BCUT2D eigenvalue weighted by Gasteiger charge is 2.21. The second kappa shape index (κ2) is 6.63. The van der Waals surface area contributed by atoms with Crippen LogP contribution in [0.1, 0.15) is 5.56 Å². The van der Waals surface area contributed by atoms with E-state index in [1.165, 1.54) is 11.8 Å². The Balaban J connectivity index is 1.88. The smallest absolute Gasteiger partial charge is 0.124 e. The van der Waals surface area contributed by atoms with Gasteiger partial charge in [0, 0.05) is 15.6 Å². The Morgan fingerprint density at radius 2 is 2.04 bits per heavy atom. The van der Waals surface area contributed by atoms with Crippen LogP contribution >= 0.6 is 35.6 Å². The van der Waals surface area contributed by atoms with Gasteiger partial charge in [-0.2, -0.15) is 5.26 Å². The van der Waals surface area contributed by atoms with E-state index in [-0.39, 0.29) is 0 Å². The molecule has 1 heterocycles. The van der Waals surface area contributed by atoms with Gasteiger partial charge in [-0.25, -0.2) is 0 Å². The third-order valence-electron chi connectivity index (χ3n) is 3.43. The first kappa shape index (κ1) is 15.9. The number of hydrogen-bond acceptors (Lipinski definition) is 4. The number of thiocarbonyl (C=S) groups is 1. The standard InChI is InChI=1S/C17H12ClN3S2/c1-10-12(18)5-4-7-13(10)20-16(22)11(9-19)17-21-14-6-2-3-8-15(14)23-17/h2-8,21H,1H3,(H,20,22)/b17-11+. The second-order valence-corrected chi connectivity index (χ2v) is 6.77. The molecular formula is C17H12ClN3S2. The van der Waals surface area contributed by atoms with Gasteiger partial charge in [0.1, 0.15) is 16.6 Å². The number of rotatable bonds is 2. The average Bonchev–Trinajstić information content (AvgIpc) is 2.96. The Hall–Kier alpha value is -2.00. The van der Waals surface area contributed by atoms with Crippen LogP contribution in [-0.2, 0) is 0 Å². The molecule has 6 heteroatoms. The van der Waals surface area contributed by atoms with E-state index < -0.39 is 0 Å². The zero-order chi connectivity index (χ0) is 16.4. The molecule has 2 N–H and O–H groups in total. The van der Waals surface area contributed by atoms with Crippen LogP contribution in [0.25, 0.3) is 0 Å². The number of fused-ring (bicyclic) bond motifs is 1. The number of halogens is 1. The summed E-state index contributed by atoms with van der Waals surface area (Å²) in [7, 11) is 0. The predicted octanol–water partition coefficient (Wildman–Crippen LogP) is 5.34. The molecule has 0 aromatic heterocycles. The number of thioether (sulfide) groups is 1. The SMILES string of the molecule is Cc1c(Cl)cccc1NC(=S)/C(C#N)=C1\Nc2ccccc2S1. The molecule has 0 fully saturated rings. The van der Waals surface area contributed by atoms with Crippen LogP contribution in [0.15, 0.2) is 58.0 Å². The highest BCUT2D eigenvalue weighted by molar-refractivity contribution is 8.03. The van der Waals surface area contributed by atoms with Crippen molar-refractivity contribution in [2.75, 3.05) is 10.6 Å². The fourth-order valence-electron chi connectivity index (χ4n) is 2.16. The molecular weight excluding hydrogens is 346 g/mol. The van der Waals surface area contributed by atoms with E-state index >= 15 is 0 Å². The highest BCUT2D eigenvalue weighted by atomic mass is 35.5. The quantitative estimate of drug-likeness (QED) is 0.431. The molecule has 0 saturated heterocycles. The summed E-state index contributed by atoms with van der Waals surface area (Å²) in [4.78, 5) is 1.46. The Labute approximate surface area is 149 Å². The molecule has 0 spiro atoms. The molecule has 0 unspecified atom stereocenters. The summed E-state index contributed by atoms with van der Waals surface area (Å²) in [5.74, 6) is 0. The Kier molecular flexibility index (Phi) is 4.58. The highest BCUT2D eigenvalue weighted by Crippen LogP contribution is 2.42. The van der Waals surface area contributed by atoms with E-state index in [0.29, 0.717) is 15.6 Å². The molecule has 0 aliphatic carbocycles. The molecule has 0 atom stereocenters. The summed E-state index contributed by atoms with van der Waals surface area (Å²) in [6, 6.07) is 15.6. The maximum Gasteiger partial charge on any atom is 0.124 e.